The lowest BCUT2D eigenvalue weighted by Gasteiger charge is -2.18. The number of fused-ring (bicyclic) bond motifs is 2. The monoisotopic (exact) mass is 775 g/mol. The first-order valence-electron chi connectivity index (χ1n) is 15.0. The number of rotatable bonds is 10. The molecule has 0 bridgehead atoms. The van der Waals surface area contributed by atoms with E-state index in [0.717, 1.165) is 10.8 Å². The molecule has 0 radical (unpaired) electrons. The molecule has 6 rings (SSSR count). The number of carbonyl (C=O) groups is 1. The number of alkyl halides is 6. The van der Waals surface area contributed by atoms with Crippen molar-refractivity contribution in [1.82, 2.24) is 14.3 Å². The standard InChI is InChI=1S/C33H25Cl2F6N3O6S/c1-17-12-18(14-51(47,48)43-30(46)31(9-10-31)25-21(34)5-2-6-22(25)35)7-8-23(17)44-13-20-24(29(44)45)27(49-15-32(36,37)38)19-4-3-11-42-26(19)28(20)50-16-33(39,40)41/h2-8,11-13,42H,9-10,14-16H2,1H3,(H,43,46). The summed E-state index contributed by atoms with van der Waals surface area (Å²) in [6, 6.07) is 11.4. The molecule has 1 aliphatic carbocycles. The van der Waals surface area contributed by atoms with Crippen molar-refractivity contribution in [3.8, 4) is 17.2 Å². The number of benzene rings is 3. The molecule has 1 amide bonds. The van der Waals surface area contributed by atoms with E-state index in [9.17, 15) is 44.3 Å². The molecule has 51 heavy (non-hydrogen) atoms. The van der Waals surface area contributed by atoms with Gasteiger partial charge < -0.3 is 14.5 Å². The molecule has 0 saturated heterocycles. The summed E-state index contributed by atoms with van der Waals surface area (Å²) in [5.41, 5.74) is -1.33. The van der Waals surface area contributed by atoms with Crippen molar-refractivity contribution in [2.45, 2.75) is 43.3 Å². The molecule has 0 atom stereocenters. The van der Waals surface area contributed by atoms with Gasteiger partial charge in [-0.1, -0.05) is 41.4 Å². The molecular formula is C33H25Cl2F6N3O6S. The number of halogens is 8. The fourth-order valence-electron chi connectivity index (χ4n) is 5.99. The molecular weight excluding hydrogens is 751 g/mol. The van der Waals surface area contributed by atoms with Crippen LogP contribution in [0.15, 0.2) is 65.7 Å². The van der Waals surface area contributed by atoms with Crippen molar-refractivity contribution < 1.29 is 49.0 Å². The zero-order chi connectivity index (χ0) is 37.1. The first-order chi connectivity index (χ1) is 23.8. The fraction of sp³-hybridized carbons (Fsp3) is 0.273. The third-order valence-corrected chi connectivity index (χ3v) is 10.1. The van der Waals surface area contributed by atoms with E-state index in [1.807, 2.05) is 0 Å². The van der Waals surface area contributed by atoms with Gasteiger partial charge in [-0.05, 0) is 61.2 Å². The largest absolute Gasteiger partial charge is 0.483 e. The summed E-state index contributed by atoms with van der Waals surface area (Å²) in [5, 5.41) is -0.426. The maximum atomic E-state index is 13.9. The molecule has 5 aromatic rings. The van der Waals surface area contributed by atoms with E-state index < -0.39 is 75.1 Å². The van der Waals surface area contributed by atoms with Crippen LogP contribution in [-0.2, 0) is 26.0 Å². The number of aromatic nitrogens is 2. The Hall–Kier alpha value is -4.41. The number of hydrogen-bond acceptors (Lipinski definition) is 6. The van der Waals surface area contributed by atoms with E-state index >= 15 is 0 Å². The Bertz CT molecular complexity index is 2350. The van der Waals surface area contributed by atoms with Crippen LogP contribution in [0.4, 0.5) is 26.3 Å². The molecule has 2 heterocycles. The van der Waals surface area contributed by atoms with Gasteiger partial charge in [0.1, 0.15) is 5.75 Å². The van der Waals surface area contributed by atoms with Gasteiger partial charge in [0.05, 0.1) is 33.1 Å². The summed E-state index contributed by atoms with van der Waals surface area (Å²) in [4.78, 5) is 29.8. The summed E-state index contributed by atoms with van der Waals surface area (Å²) in [6.45, 7) is -2.06. The number of nitrogens with one attached hydrogen (secondary N) is 2. The van der Waals surface area contributed by atoms with E-state index in [4.69, 9.17) is 32.7 Å². The van der Waals surface area contributed by atoms with Crippen molar-refractivity contribution in [3.05, 3.63) is 98.0 Å². The van der Waals surface area contributed by atoms with Gasteiger partial charge in [-0.2, -0.15) is 26.3 Å². The average molecular weight is 777 g/mol. The number of ether oxygens (including phenoxy) is 2. The predicted octanol–water partition coefficient (Wildman–Crippen LogP) is 7.65. The number of pyridine rings is 1. The number of amides is 1. The molecule has 18 heteroatoms. The minimum atomic E-state index is -4.82. The molecule has 2 N–H and O–H groups in total. The summed E-state index contributed by atoms with van der Waals surface area (Å²) in [6.07, 6.45) is -6.54. The summed E-state index contributed by atoms with van der Waals surface area (Å²) in [7, 11) is -4.28. The molecule has 9 nitrogen and oxygen atoms in total. The van der Waals surface area contributed by atoms with E-state index in [1.54, 1.807) is 18.2 Å². The van der Waals surface area contributed by atoms with Crippen LogP contribution in [0.5, 0.6) is 11.5 Å². The molecule has 3 aromatic carbocycles. The number of aryl methyl sites for hydroxylation is 1. The van der Waals surface area contributed by atoms with Gasteiger partial charge in [0.15, 0.2) is 19.0 Å². The van der Waals surface area contributed by atoms with Gasteiger partial charge >= 0.3 is 12.4 Å². The molecule has 0 spiro atoms. The van der Waals surface area contributed by atoms with E-state index in [-0.39, 0.29) is 37.6 Å². The van der Waals surface area contributed by atoms with Crippen LogP contribution < -0.4 is 19.8 Å². The second-order valence-corrected chi connectivity index (χ2v) is 14.5. The lowest BCUT2D eigenvalue weighted by atomic mass is 9.95. The van der Waals surface area contributed by atoms with Crippen LogP contribution in [0.1, 0.15) is 29.5 Å². The fourth-order valence-corrected chi connectivity index (χ4v) is 7.92. The quantitative estimate of drug-likeness (QED) is 0.141. The molecule has 1 fully saturated rings. The van der Waals surface area contributed by atoms with Crippen LogP contribution in [-0.4, -0.2) is 49.4 Å². The maximum absolute atomic E-state index is 13.9. The van der Waals surface area contributed by atoms with Crippen LogP contribution in [0, 0.1) is 6.92 Å². The van der Waals surface area contributed by atoms with Gasteiger partial charge in [0.25, 0.3) is 5.56 Å². The number of nitrogens with zero attached hydrogens (tertiary/aromatic N) is 1. The number of hydrogen-bond donors (Lipinski definition) is 2. The first kappa shape index (κ1) is 36.4. The number of H-pyrrole nitrogens is 1. The van der Waals surface area contributed by atoms with Gasteiger partial charge in [-0.3, -0.25) is 18.9 Å². The van der Waals surface area contributed by atoms with E-state index in [2.05, 4.69) is 9.71 Å². The molecule has 2 aromatic heterocycles. The van der Waals surface area contributed by atoms with Crippen molar-refractivity contribution in [3.63, 3.8) is 0 Å². The Morgan fingerprint density at radius 2 is 1.57 bits per heavy atom. The number of aromatic amines is 1. The predicted molar refractivity (Wildman–Crippen MR) is 177 cm³/mol. The number of sulfonamides is 1. The van der Waals surface area contributed by atoms with E-state index in [0.29, 0.717) is 24.0 Å². The highest BCUT2D eigenvalue weighted by Gasteiger charge is 2.54. The zero-order valence-corrected chi connectivity index (χ0v) is 28.5. The summed E-state index contributed by atoms with van der Waals surface area (Å²) >= 11 is 12.6. The van der Waals surface area contributed by atoms with Gasteiger partial charge in [0, 0.05) is 33.4 Å². The Kier molecular flexibility index (Phi) is 9.25. The number of carbonyl (C=O) groups excluding carboxylic acids is 1. The summed E-state index contributed by atoms with van der Waals surface area (Å²) in [5.74, 6) is -2.43. The van der Waals surface area contributed by atoms with E-state index in [1.165, 1.54) is 43.5 Å². The van der Waals surface area contributed by atoms with Gasteiger partial charge in [-0.25, -0.2) is 8.42 Å². The van der Waals surface area contributed by atoms with Gasteiger partial charge in [-0.15, -0.1) is 0 Å². The minimum Gasteiger partial charge on any atom is -0.483 e. The normalized spacial score (nSPS) is 14.5. The lowest BCUT2D eigenvalue weighted by Crippen LogP contribution is -2.39. The highest BCUT2D eigenvalue weighted by Crippen LogP contribution is 2.53. The Morgan fingerprint density at radius 1 is 0.941 bits per heavy atom. The van der Waals surface area contributed by atoms with Crippen molar-refractivity contribution in [2.75, 3.05) is 13.2 Å². The molecule has 0 aliphatic heterocycles. The Labute approximate surface area is 295 Å². The topological polar surface area (TPSA) is 119 Å². The third-order valence-electron chi connectivity index (χ3n) is 8.27. The average Bonchev–Trinajstić information content (AvgIpc) is 3.75. The zero-order valence-electron chi connectivity index (χ0n) is 26.1. The van der Waals surface area contributed by atoms with Crippen LogP contribution >= 0.6 is 23.2 Å². The Balaban J connectivity index is 1.36. The Morgan fingerprint density at radius 3 is 2.16 bits per heavy atom. The lowest BCUT2D eigenvalue weighted by molar-refractivity contribution is -0.154. The minimum absolute atomic E-state index is 0.128. The molecule has 1 aliphatic rings. The third kappa shape index (κ3) is 7.35. The molecule has 270 valence electrons. The van der Waals surface area contributed by atoms with Crippen molar-refractivity contribution >= 4 is 60.8 Å². The van der Waals surface area contributed by atoms with Crippen LogP contribution in [0.2, 0.25) is 10.0 Å². The maximum Gasteiger partial charge on any atom is 0.422 e. The molecule has 1 saturated carbocycles. The van der Waals surface area contributed by atoms with Crippen LogP contribution in [0.25, 0.3) is 27.4 Å². The second kappa shape index (κ2) is 13.0. The first-order valence-corrected chi connectivity index (χ1v) is 17.4. The van der Waals surface area contributed by atoms with Gasteiger partial charge in [0.2, 0.25) is 15.9 Å². The van der Waals surface area contributed by atoms with Crippen molar-refractivity contribution in [1.29, 1.82) is 0 Å². The SMILES string of the molecule is Cc1cc(CS(=O)(=O)NC(=O)C2(c3c(Cl)cccc3Cl)CC2)ccc1-n1cc2c(OCC(F)(F)F)c3[nH]cccc3c(OCC(F)(F)F)c2c1=O. The smallest absolute Gasteiger partial charge is 0.422 e. The summed E-state index contributed by atoms with van der Waals surface area (Å²) < 4.78 is 119. The highest BCUT2D eigenvalue weighted by molar-refractivity contribution is 7.89. The van der Waals surface area contributed by atoms with Crippen LogP contribution in [0.3, 0.4) is 0 Å². The highest BCUT2D eigenvalue weighted by atomic mass is 35.5. The molecule has 0 unspecified atom stereocenters. The second-order valence-electron chi connectivity index (χ2n) is 12.0. The van der Waals surface area contributed by atoms with Crippen molar-refractivity contribution in [2.24, 2.45) is 0 Å².